The molecular formula is C16H24N2O5S. The van der Waals surface area contributed by atoms with Gasteiger partial charge in [0, 0.05) is 25.4 Å². The van der Waals surface area contributed by atoms with Crippen molar-refractivity contribution in [3.05, 3.63) is 23.8 Å². The Morgan fingerprint density at radius 2 is 2.00 bits per heavy atom. The molecule has 8 heteroatoms. The Morgan fingerprint density at radius 1 is 1.29 bits per heavy atom. The molecule has 0 aliphatic heterocycles. The van der Waals surface area contributed by atoms with E-state index in [0.717, 1.165) is 32.1 Å². The lowest BCUT2D eigenvalue weighted by Crippen LogP contribution is -2.36. The molecular weight excluding hydrogens is 332 g/mol. The van der Waals surface area contributed by atoms with E-state index in [9.17, 15) is 18.3 Å². The van der Waals surface area contributed by atoms with Crippen LogP contribution in [0.15, 0.2) is 23.1 Å². The summed E-state index contributed by atoms with van der Waals surface area (Å²) in [7, 11) is -2.18. The van der Waals surface area contributed by atoms with Gasteiger partial charge in [-0.25, -0.2) is 17.9 Å². The second-order valence-electron chi connectivity index (χ2n) is 5.89. The van der Waals surface area contributed by atoms with Crippen molar-refractivity contribution in [1.82, 2.24) is 4.72 Å². The minimum absolute atomic E-state index is 0.0252. The topological polar surface area (TPSA) is 105 Å². The SMILES string of the molecule is COCCNc1ccc(S(=O)(=O)NC2CCCCC2)cc1C(=O)O. The van der Waals surface area contributed by atoms with Crippen LogP contribution in [0.5, 0.6) is 0 Å². The van der Waals surface area contributed by atoms with Crippen LogP contribution < -0.4 is 10.0 Å². The molecule has 0 bridgehead atoms. The van der Waals surface area contributed by atoms with E-state index in [0.29, 0.717) is 18.8 Å². The third-order valence-corrected chi connectivity index (χ3v) is 5.60. The molecule has 1 aromatic rings. The quantitative estimate of drug-likeness (QED) is 0.616. The number of carboxylic acids is 1. The molecule has 1 aliphatic rings. The molecule has 0 heterocycles. The molecule has 7 nitrogen and oxygen atoms in total. The number of benzene rings is 1. The number of rotatable bonds is 8. The molecule has 1 aliphatic carbocycles. The number of nitrogens with one attached hydrogen (secondary N) is 2. The predicted octanol–water partition coefficient (Wildman–Crippen LogP) is 2.05. The van der Waals surface area contributed by atoms with Crippen molar-refractivity contribution in [2.45, 2.75) is 43.0 Å². The van der Waals surface area contributed by atoms with E-state index in [2.05, 4.69) is 10.0 Å². The van der Waals surface area contributed by atoms with Gasteiger partial charge in [-0.1, -0.05) is 19.3 Å². The van der Waals surface area contributed by atoms with E-state index in [1.807, 2.05) is 0 Å². The van der Waals surface area contributed by atoms with Crippen LogP contribution in [0.25, 0.3) is 0 Å². The molecule has 2 rings (SSSR count). The highest BCUT2D eigenvalue weighted by atomic mass is 32.2. The maximum Gasteiger partial charge on any atom is 0.337 e. The molecule has 1 fully saturated rings. The van der Waals surface area contributed by atoms with Gasteiger partial charge in [-0.05, 0) is 31.0 Å². The fourth-order valence-corrected chi connectivity index (χ4v) is 4.15. The zero-order valence-electron chi connectivity index (χ0n) is 13.7. The third kappa shape index (κ3) is 4.93. The summed E-state index contributed by atoms with van der Waals surface area (Å²) in [6.07, 6.45) is 4.79. The van der Waals surface area contributed by atoms with Gasteiger partial charge in [-0.3, -0.25) is 0 Å². The van der Waals surface area contributed by atoms with Crippen LogP contribution in [-0.2, 0) is 14.8 Å². The summed E-state index contributed by atoms with van der Waals surface area (Å²) in [4.78, 5) is 11.4. The average molecular weight is 356 g/mol. The second-order valence-corrected chi connectivity index (χ2v) is 7.60. The number of aromatic carboxylic acids is 1. The van der Waals surface area contributed by atoms with Crippen molar-refractivity contribution in [1.29, 1.82) is 0 Å². The average Bonchev–Trinajstić information content (AvgIpc) is 2.55. The lowest BCUT2D eigenvalue weighted by molar-refractivity contribution is 0.0697. The van der Waals surface area contributed by atoms with Gasteiger partial charge in [0.1, 0.15) is 0 Å². The molecule has 3 N–H and O–H groups in total. The Labute approximate surface area is 142 Å². The van der Waals surface area contributed by atoms with Gasteiger partial charge in [-0.2, -0.15) is 0 Å². The van der Waals surface area contributed by atoms with Crippen molar-refractivity contribution in [3.63, 3.8) is 0 Å². The second kappa shape index (κ2) is 8.46. The Bertz CT molecular complexity index is 669. The predicted molar refractivity (Wildman–Crippen MR) is 91.0 cm³/mol. The molecule has 0 atom stereocenters. The lowest BCUT2D eigenvalue weighted by atomic mass is 9.96. The monoisotopic (exact) mass is 356 g/mol. The van der Waals surface area contributed by atoms with Crippen molar-refractivity contribution in [2.75, 3.05) is 25.6 Å². The van der Waals surface area contributed by atoms with E-state index in [4.69, 9.17) is 4.74 Å². The van der Waals surface area contributed by atoms with E-state index in [1.54, 1.807) is 7.11 Å². The highest BCUT2D eigenvalue weighted by Crippen LogP contribution is 2.23. The normalized spacial score (nSPS) is 16.0. The number of sulfonamides is 1. The van der Waals surface area contributed by atoms with Crippen molar-refractivity contribution < 1.29 is 23.1 Å². The van der Waals surface area contributed by atoms with E-state index in [1.165, 1.54) is 18.2 Å². The van der Waals surface area contributed by atoms with Gasteiger partial charge in [0.2, 0.25) is 10.0 Å². The zero-order valence-corrected chi connectivity index (χ0v) is 14.6. The lowest BCUT2D eigenvalue weighted by Gasteiger charge is -2.22. The summed E-state index contributed by atoms with van der Waals surface area (Å²) in [5.41, 5.74) is 0.300. The number of anilines is 1. The Morgan fingerprint density at radius 3 is 2.62 bits per heavy atom. The van der Waals surface area contributed by atoms with Crippen molar-refractivity contribution in [3.8, 4) is 0 Å². The third-order valence-electron chi connectivity index (χ3n) is 4.08. The minimum Gasteiger partial charge on any atom is -0.478 e. The van der Waals surface area contributed by atoms with Crippen LogP contribution in [0.2, 0.25) is 0 Å². The summed E-state index contributed by atoms with van der Waals surface area (Å²) in [5.74, 6) is -1.18. The van der Waals surface area contributed by atoms with Crippen LogP contribution in [0.4, 0.5) is 5.69 Å². The first kappa shape index (κ1) is 18.7. The van der Waals surface area contributed by atoms with Gasteiger partial charge in [0.25, 0.3) is 0 Å². The van der Waals surface area contributed by atoms with E-state index >= 15 is 0 Å². The number of methoxy groups -OCH3 is 1. The first-order valence-corrected chi connectivity index (χ1v) is 9.55. The number of hydrogen-bond donors (Lipinski definition) is 3. The molecule has 134 valence electrons. The van der Waals surface area contributed by atoms with Crippen molar-refractivity contribution in [2.24, 2.45) is 0 Å². The minimum atomic E-state index is -3.72. The summed E-state index contributed by atoms with van der Waals surface area (Å²) in [6.45, 7) is 0.853. The number of ether oxygens (including phenoxy) is 1. The van der Waals surface area contributed by atoms with Gasteiger partial charge >= 0.3 is 5.97 Å². The highest BCUT2D eigenvalue weighted by Gasteiger charge is 2.23. The first-order chi connectivity index (χ1) is 11.4. The van der Waals surface area contributed by atoms with Crippen LogP contribution >= 0.6 is 0 Å². The summed E-state index contributed by atoms with van der Waals surface area (Å²) in [6, 6.07) is 4.03. The largest absolute Gasteiger partial charge is 0.478 e. The van der Waals surface area contributed by atoms with Gasteiger partial charge in [0.15, 0.2) is 0 Å². The molecule has 0 saturated heterocycles. The Hall–Kier alpha value is -1.64. The van der Waals surface area contributed by atoms with Gasteiger partial charge in [0.05, 0.1) is 17.1 Å². The summed E-state index contributed by atoms with van der Waals surface area (Å²) in [5, 5.41) is 12.3. The number of carbonyl (C=O) groups is 1. The smallest absolute Gasteiger partial charge is 0.337 e. The summed E-state index contributed by atoms with van der Waals surface area (Å²) < 4.78 is 32.6. The molecule has 0 aromatic heterocycles. The fourth-order valence-electron chi connectivity index (χ4n) is 2.82. The Balaban J connectivity index is 2.19. The number of hydrogen-bond acceptors (Lipinski definition) is 5. The van der Waals surface area contributed by atoms with Gasteiger partial charge < -0.3 is 15.2 Å². The van der Waals surface area contributed by atoms with Crippen LogP contribution in [0, 0.1) is 0 Å². The Kier molecular flexibility index (Phi) is 6.59. The fraction of sp³-hybridized carbons (Fsp3) is 0.562. The van der Waals surface area contributed by atoms with Crippen LogP contribution in [0.3, 0.4) is 0 Å². The highest BCUT2D eigenvalue weighted by molar-refractivity contribution is 7.89. The summed E-state index contributed by atoms with van der Waals surface area (Å²) >= 11 is 0. The number of carboxylic acid groups (broad SMARTS) is 1. The molecule has 24 heavy (non-hydrogen) atoms. The van der Waals surface area contributed by atoms with Crippen molar-refractivity contribution >= 4 is 21.7 Å². The zero-order chi connectivity index (χ0) is 17.6. The molecule has 1 aromatic carbocycles. The molecule has 0 amide bonds. The maximum absolute atomic E-state index is 12.5. The molecule has 0 spiro atoms. The molecule has 0 unspecified atom stereocenters. The standard InChI is InChI=1S/C16H24N2O5S/c1-23-10-9-17-15-8-7-13(11-14(15)16(19)20)24(21,22)18-12-5-3-2-4-6-12/h7-8,11-12,17-18H,2-6,9-10H2,1H3,(H,19,20). The van der Waals surface area contributed by atoms with Crippen LogP contribution in [-0.4, -0.2) is 45.8 Å². The maximum atomic E-state index is 12.5. The molecule has 1 saturated carbocycles. The van der Waals surface area contributed by atoms with E-state index in [-0.39, 0.29) is 16.5 Å². The van der Waals surface area contributed by atoms with Gasteiger partial charge in [-0.15, -0.1) is 0 Å². The first-order valence-electron chi connectivity index (χ1n) is 8.06. The van der Waals surface area contributed by atoms with E-state index < -0.39 is 16.0 Å². The van der Waals surface area contributed by atoms with Crippen LogP contribution in [0.1, 0.15) is 42.5 Å². The molecule has 0 radical (unpaired) electrons.